The van der Waals surface area contributed by atoms with Gasteiger partial charge in [-0.15, -0.1) is 0 Å². The number of aromatic nitrogens is 2. The van der Waals surface area contributed by atoms with E-state index < -0.39 is 0 Å². The van der Waals surface area contributed by atoms with Crippen molar-refractivity contribution in [1.29, 1.82) is 0 Å². The van der Waals surface area contributed by atoms with E-state index in [-0.39, 0.29) is 11.7 Å². The molecule has 0 fully saturated rings. The van der Waals surface area contributed by atoms with Gasteiger partial charge in [-0.05, 0) is 79.2 Å². The Kier molecular flexibility index (Phi) is 8.85. The quantitative estimate of drug-likeness (QED) is 0.186. The first-order valence-electron chi connectivity index (χ1n) is 12.1. The number of methoxy groups -OCH3 is 2. The average molecular weight is 520 g/mol. The van der Waals surface area contributed by atoms with Gasteiger partial charge < -0.3 is 19.4 Å². The molecule has 0 atom stereocenters. The number of halogens is 1. The molecule has 4 aromatic rings. The van der Waals surface area contributed by atoms with Gasteiger partial charge in [0.1, 0.15) is 17.3 Å². The van der Waals surface area contributed by atoms with Gasteiger partial charge in [0.15, 0.2) is 5.16 Å². The fourth-order valence-electron chi connectivity index (χ4n) is 3.98. The van der Waals surface area contributed by atoms with Crippen molar-refractivity contribution in [2.75, 3.05) is 26.5 Å². The molecule has 1 N–H and O–H groups in total. The highest BCUT2D eigenvalue weighted by atomic mass is 32.2. The topological polar surface area (TPSA) is 65.4 Å². The van der Waals surface area contributed by atoms with E-state index in [4.69, 9.17) is 14.5 Å². The number of ether oxygens (including phenoxy) is 2. The van der Waals surface area contributed by atoms with E-state index in [0.29, 0.717) is 17.9 Å². The highest BCUT2D eigenvalue weighted by Crippen LogP contribution is 2.37. The molecule has 37 heavy (non-hydrogen) atoms. The Bertz CT molecular complexity index is 1320. The number of rotatable bonds is 11. The second kappa shape index (κ2) is 12.5. The van der Waals surface area contributed by atoms with Crippen molar-refractivity contribution in [3.63, 3.8) is 0 Å². The Labute approximate surface area is 220 Å². The molecule has 6 nitrogen and oxygen atoms in total. The number of thioether (sulfide) groups is 1. The van der Waals surface area contributed by atoms with Crippen molar-refractivity contribution in [3.05, 3.63) is 84.2 Å². The Morgan fingerprint density at radius 3 is 2.08 bits per heavy atom. The molecule has 192 valence electrons. The third-order valence-electron chi connectivity index (χ3n) is 5.83. The first kappa shape index (κ1) is 26.3. The van der Waals surface area contributed by atoms with Crippen molar-refractivity contribution in [1.82, 2.24) is 14.9 Å². The van der Waals surface area contributed by atoms with Crippen LogP contribution in [0.25, 0.3) is 22.5 Å². The largest absolute Gasteiger partial charge is 0.497 e. The number of imidazole rings is 1. The van der Waals surface area contributed by atoms with Crippen LogP contribution in [0, 0.1) is 5.82 Å². The van der Waals surface area contributed by atoms with E-state index >= 15 is 0 Å². The fraction of sp³-hybridized carbons (Fsp3) is 0.241. The van der Waals surface area contributed by atoms with Gasteiger partial charge >= 0.3 is 0 Å². The Morgan fingerprint density at radius 1 is 0.919 bits per heavy atom. The zero-order chi connectivity index (χ0) is 26.2. The van der Waals surface area contributed by atoms with Crippen LogP contribution in [0.3, 0.4) is 0 Å². The van der Waals surface area contributed by atoms with Crippen LogP contribution in [0.1, 0.15) is 23.7 Å². The zero-order valence-corrected chi connectivity index (χ0v) is 22.0. The lowest BCUT2D eigenvalue weighted by molar-refractivity contribution is 0.0956. The van der Waals surface area contributed by atoms with Gasteiger partial charge in [-0.25, -0.2) is 9.37 Å². The number of benzene rings is 3. The lowest BCUT2D eigenvalue weighted by Crippen LogP contribution is -2.25. The number of amides is 1. The van der Waals surface area contributed by atoms with Gasteiger partial charge in [-0.1, -0.05) is 18.7 Å². The van der Waals surface area contributed by atoms with E-state index in [1.54, 1.807) is 26.0 Å². The van der Waals surface area contributed by atoms with Gasteiger partial charge in [0.2, 0.25) is 0 Å². The summed E-state index contributed by atoms with van der Waals surface area (Å²) < 4.78 is 26.1. The van der Waals surface area contributed by atoms with Crippen LogP contribution in [0.5, 0.6) is 11.5 Å². The number of carbonyl (C=O) groups excluding carboxylic acids is 1. The minimum atomic E-state index is -0.366. The molecule has 0 aliphatic heterocycles. The van der Waals surface area contributed by atoms with E-state index in [1.165, 1.54) is 24.3 Å². The summed E-state index contributed by atoms with van der Waals surface area (Å²) in [4.78, 5) is 17.4. The monoisotopic (exact) mass is 519 g/mol. The molecule has 0 bridgehead atoms. The Morgan fingerprint density at radius 2 is 1.51 bits per heavy atom. The molecule has 0 aliphatic carbocycles. The third-order valence-corrected chi connectivity index (χ3v) is 6.81. The van der Waals surface area contributed by atoms with Crippen molar-refractivity contribution in [2.45, 2.75) is 25.0 Å². The van der Waals surface area contributed by atoms with Crippen LogP contribution < -0.4 is 14.8 Å². The van der Waals surface area contributed by atoms with Gasteiger partial charge in [-0.2, -0.15) is 0 Å². The van der Waals surface area contributed by atoms with Crippen LogP contribution in [-0.2, 0) is 6.54 Å². The second-order valence-corrected chi connectivity index (χ2v) is 9.37. The molecular weight excluding hydrogens is 489 g/mol. The molecule has 1 heterocycles. The van der Waals surface area contributed by atoms with Crippen molar-refractivity contribution < 1.29 is 18.7 Å². The lowest BCUT2D eigenvalue weighted by atomic mass is 10.0. The SMILES string of the molecule is CCCn1c(SCCNC(=O)c2ccc(F)cc2)nc(-c2ccc(OC)cc2)c1-c1ccc(OC)cc1. The summed E-state index contributed by atoms with van der Waals surface area (Å²) >= 11 is 1.59. The maximum absolute atomic E-state index is 13.1. The van der Waals surface area contributed by atoms with E-state index in [9.17, 15) is 9.18 Å². The lowest BCUT2D eigenvalue weighted by Gasteiger charge is -2.13. The first-order chi connectivity index (χ1) is 18.0. The minimum absolute atomic E-state index is 0.227. The molecule has 3 aromatic carbocycles. The van der Waals surface area contributed by atoms with Gasteiger partial charge in [0.05, 0.1) is 25.6 Å². The normalized spacial score (nSPS) is 10.8. The summed E-state index contributed by atoms with van der Waals surface area (Å²) in [7, 11) is 3.31. The number of hydrogen-bond donors (Lipinski definition) is 1. The minimum Gasteiger partial charge on any atom is -0.497 e. The molecule has 1 amide bonds. The van der Waals surface area contributed by atoms with Crippen LogP contribution >= 0.6 is 11.8 Å². The van der Waals surface area contributed by atoms with Gasteiger partial charge in [0, 0.05) is 35.5 Å². The summed E-state index contributed by atoms with van der Waals surface area (Å²) in [5.74, 6) is 1.63. The fourth-order valence-corrected chi connectivity index (χ4v) is 4.86. The van der Waals surface area contributed by atoms with Crippen LogP contribution in [-0.4, -0.2) is 42.0 Å². The number of nitrogens with zero attached hydrogens (tertiary/aromatic N) is 2. The molecule has 0 unspecified atom stereocenters. The predicted molar refractivity (Wildman–Crippen MR) is 146 cm³/mol. The second-order valence-electron chi connectivity index (χ2n) is 8.31. The predicted octanol–water partition coefficient (Wildman–Crippen LogP) is 6.31. The Hall–Kier alpha value is -3.78. The summed E-state index contributed by atoms with van der Waals surface area (Å²) in [5, 5.41) is 3.79. The first-order valence-corrected chi connectivity index (χ1v) is 13.1. The van der Waals surface area contributed by atoms with E-state index in [0.717, 1.165) is 52.1 Å². The standard InChI is InChI=1S/C29H30FN3O3S/c1-4-18-33-27(21-9-15-25(36-3)16-10-21)26(20-7-13-24(35-2)14-8-20)32-29(33)37-19-17-31-28(34)22-5-11-23(30)12-6-22/h5-16H,4,17-19H2,1-3H3,(H,31,34). The molecule has 0 saturated heterocycles. The van der Waals surface area contributed by atoms with Crippen molar-refractivity contribution in [3.8, 4) is 34.0 Å². The zero-order valence-electron chi connectivity index (χ0n) is 21.2. The molecule has 4 rings (SSSR count). The molecule has 0 radical (unpaired) electrons. The highest BCUT2D eigenvalue weighted by molar-refractivity contribution is 7.99. The maximum atomic E-state index is 13.1. The maximum Gasteiger partial charge on any atom is 0.251 e. The molecule has 1 aromatic heterocycles. The molecule has 8 heteroatoms. The summed E-state index contributed by atoms with van der Waals surface area (Å²) in [5.41, 5.74) is 4.39. The summed E-state index contributed by atoms with van der Waals surface area (Å²) in [6.45, 7) is 3.40. The average Bonchev–Trinajstić information content (AvgIpc) is 3.29. The van der Waals surface area contributed by atoms with Crippen LogP contribution in [0.4, 0.5) is 4.39 Å². The molecule has 0 aliphatic rings. The number of hydrogen-bond acceptors (Lipinski definition) is 5. The summed E-state index contributed by atoms with van der Waals surface area (Å²) in [6.07, 6.45) is 0.941. The van der Waals surface area contributed by atoms with E-state index in [1.807, 2.05) is 48.5 Å². The highest BCUT2D eigenvalue weighted by Gasteiger charge is 2.20. The van der Waals surface area contributed by atoms with Gasteiger partial charge in [0.25, 0.3) is 5.91 Å². The van der Waals surface area contributed by atoms with E-state index in [2.05, 4.69) is 16.8 Å². The number of carbonyl (C=O) groups is 1. The summed E-state index contributed by atoms with van der Waals surface area (Å²) in [6, 6.07) is 21.4. The molecular formula is C29H30FN3O3S. The molecule has 0 saturated carbocycles. The van der Waals surface area contributed by atoms with Crippen molar-refractivity contribution in [2.24, 2.45) is 0 Å². The van der Waals surface area contributed by atoms with Gasteiger partial charge in [-0.3, -0.25) is 4.79 Å². The number of nitrogens with one attached hydrogen (secondary N) is 1. The smallest absolute Gasteiger partial charge is 0.251 e. The Balaban J connectivity index is 1.60. The third kappa shape index (κ3) is 6.32. The van der Waals surface area contributed by atoms with Crippen molar-refractivity contribution >= 4 is 17.7 Å². The molecule has 0 spiro atoms. The van der Waals surface area contributed by atoms with Crippen LogP contribution in [0.2, 0.25) is 0 Å². The van der Waals surface area contributed by atoms with Crippen LogP contribution in [0.15, 0.2) is 78.0 Å².